The minimum atomic E-state index is -0.0741. The van der Waals surface area contributed by atoms with E-state index in [1.54, 1.807) is 6.20 Å². The molecule has 0 fully saturated rings. The van der Waals surface area contributed by atoms with Crippen LogP contribution in [-0.2, 0) is 13.2 Å². The first-order valence-corrected chi connectivity index (χ1v) is 8.38. The lowest BCUT2D eigenvalue weighted by molar-refractivity contribution is 0.237. The van der Waals surface area contributed by atoms with Crippen molar-refractivity contribution in [2.75, 3.05) is 13.6 Å². The second kappa shape index (κ2) is 7.55. The fourth-order valence-electron chi connectivity index (χ4n) is 3.18. The maximum atomic E-state index is 9.71. The molecule has 0 aliphatic heterocycles. The highest BCUT2D eigenvalue weighted by Crippen LogP contribution is 2.23. The molecule has 3 aromatic rings. The Bertz CT molecular complexity index is 784. The number of aliphatic hydroxyl groups excluding tert-OH is 1. The van der Waals surface area contributed by atoms with Gasteiger partial charge in [0.2, 0.25) is 0 Å². The van der Waals surface area contributed by atoms with Crippen LogP contribution in [0.3, 0.4) is 0 Å². The van der Waals surface area contributed by atoms with Crippen LogP contribution in [-0.4, -0.2) is 38.1 Å². The van der Waals surface area contributed by atoms with Crippen molar-refractivity contribution in [1.29, 1.82) is 0 Å². The van der Waals surface area contributed by atoms with Crippen molar-refractivity contribution in [2.24, 2.45) is 0 Å². The third kappa shape index (κ3) is 3.47. The molecular weight excluding hydrogens is 300 g/mol. The summed E-state index contributed by atoms with van der Waals surface area (Å²) in [7, 11) is 2.13. The number of aliphatic hydroxyl groups is 1. The third-order valence-corrected chi connectivity index (χ3v) is 4.32. The van der Waals surface area contributed by atoms with Gasteiger partial charge in [0, 0.05) is 25.3 Å². The summed E-state index contributed by atoms with van der Waals surface area (Å²) in [4.78, 5) is 11.3. The smallest absolute Gasteiger partial charge is 0.160 e. The normalized spacial score (nSPS) is 12.8. The SMILES string of the molecule is CCC(CN(C)Cc1ccccc1)n1c(CO)nc2cccnc21. The van der Waals surface area contributed by atoms with Crippen LogP contribution in [0, 0.1) is 0 Å². The van der Waals surface area contributed by atoms with Crippen molar-refractivity contribution in [3.05, 3.63) is 60.0 Å². The van der Waals surface area contributed by atoms with Gasteiger partial charge in [-0.3, -0.25) is 0 Å². The van der Waals surface area contributed by atoms with Gasteiger partial charge in [0.1, 0.15) is 17.9 Å². The molecule has 0 radical (unpaired) electrons. The Balaban J connectivity index is 1.83. The predicted molar refractivity (Wildman–Crippen MR) is 95.6 cm³/mol. The van der Waals surface area contributed by atoms with Crippen LogP contribution in [0.1, 0.15) is 30.8 Å². The molecule has 0 amide bonds. The summed E-state index contributed by atoms with van der Waals surface area (Å²) in [5.74, 6) is 0.684. The van der Waals surface area contributed by atoms with Crippen molar-refractivity contribution in [1.82, 2.24) is 19.4 Å². The molecule has 24 heavy (non-hydrogen) atoms. The second-order valence-electron chi connectivity index (χ2n) is 6.15. The Labute approximate surface area is 142 Å². The van der Waals surface area contributed by atoms with Crippen LogP contribution in [0.2, 0.25) is 0 Å². The van der Waals surface area contributed by atoms with E-state index in [1.807, 2.05) is 18.2 Å². The highest BCUT2D eigenvalue weighted by Gasteiger charge is 2.19. The summed E-state index contributed by atoms with van der Waals surface area (Å²) in [5.41, 5.74) is 2.98. The lowest BCUT2D eigenvalue weighted by Crippen LogP contribution is -2.28. The van der Waals surface area contributed by atoms with Gasteiger partial charge in [0.25, 0.3) is 0 Å². The van der Waals surface area contributed by atoms with E-state index in [2.05, 4.69) is 57.7 Å². The average Bonchev–Trinajstić information content (AvgIpc) is 2.99. The first kappa shape index (κ1) is 16.6. The van der Waals surface area contributed by atoms with E-state index in [9.17, 15) is 5.11 Å². The fourth-order valence-corrected chi connectivity index (χ4v) is 3.18. The Kier molecular flexibility index (Phi) is 5.23. The summed E-state index contributed by atoms with van der Waals surface area (Å²) in [6.45, 7) is 3.86. The van der Waals surface area contributed by atoms with Crippen molar-refractivity contribution in [3.8, 4) is 0 Å². The van der Waals surface area contributed by atoms with Gasteiger partial charge in [-0.25, -0.2) is 9.97 Å². The van der Waals surface area contributed by atoms with Gasteiger partial charge in [-0.2, -0.15) is 0 Å². The molecule has 2 heterocycles. The highest BCUT2D eigenvalue weighted by molar-refractivity contribution is 5.71. The van der Waals surface area contributed by atoms with Crippen LogP contribution in [0.4, 0.5) is 0 Å². The van der Waals surface area contributed by atoms with Crippen molar-refractivity contribution >= 4 is 11.2 Å². The van der Waals surface area contributed by atoms with Gasteiger partial charge < -0.3 is 14.6 Å². The molecule has 1 aromatic carbocycles. The molecule has 5 nitrogen and oxygen atoms in total. The van der Waals surface area contributed by atoms with E-state index in [4.69, 9.17) is 0 Å². The summed E-state index contributed by atoms with van der Waals surface area (Å²) in [6.07, 6.45) is 2.73. The topological polar surface area (TPSA) is 54.2 Å². The van der Waals surface area contributed by atoms with Crippen molar-refractivity contribution < 1.29 is 5.11 Å². The fraction of sp³-hybridized carbons (Fsp3) is 0.368. The van der Waals surface area contributed by atoms with Crippen molar-refractivity contribution in [3.63, 3.8) is 0 Å². The number of fused-ring (bicyclic) bond motifs is 1. The molecule has 0 aliphatic rings. The molecular formula is C19H24N4O. The summed E-state index contributed by atoms with van der Waals surface area (Å²) in [6, 6.07) is 14.5. The van der Waals surface area contributed by atoms with E-state index < -0.39 is 0 Å². The number of hydrogen-bond acceptors (Lipinski definition) is 4. The zero-order chi connectivity index (χ0) is 16.9. The molecule has 0 saturated heterocycles. The summed E-state index contributed by atoms with van der Waals surface area (Å²) >= 11 is 0. The van der Waals surface area contributed by atoms with Gasteiger partial charge in [-0.15, -0.1) is 0 Å². The van der Waals surface area contributed by atoms with Crippen LogP contribution >= 0.6 is 0 Å². The lowest BCUT2D eigenvalue weighted by atomic mass is 10.1. The lowest BCUT2D eigenvalue weighted by Gasteiger charge is -2.25. The number of hydrogen-bond donors (Lipinski definition) is 1. The second-order valence-corrected chi connectivity index (χ2v) is 6.15. The van der Waals surface area contributed by atoms with Gasteiger partial charge in [-0.1, -0.05) is 37.3 Å². The number of nitrogens with zero attached hydrogens (tertiary/aromatic N) is 4. The molecule has 0 bridgehead atoms. The number of benzene rings is 1. The minimum Gasteiger partial charge on any atom is -0.388 e. The quantitative estimate of drug-likeness (QED) is 0.726. The van der Waals surface area contributed by atoms with E-state index in [1.165, 1.54) is 5.56 Å². The highest BCUT2D eigenvalue weighted by atomic mass is 16.3. The Morgan fingerprint density at radius 3 is 2.67 bits per heavy atom. The van der Waals surface area contributed by atoms with Crippen LogP contribution in [0.25, 0.3) is 11.2 Å². The molecule has 0 saturated carbocycles. The van der Waals surface area contributed by atoms with Crippen LogP contribution in [0.15, 0.2) is 48.7 Å². The molecule has 5 heteroatoms. The first-order valence-electron chi connectivity index (χ1n) is 8.38. The maximum Gasteiger partial charge on any atom is 0.160 e. The number of rotatable bonds is 7. The summed E-state index contributed by atoms with van der Waals surface area (Å²) < 4.78 is 2.09. The number of pyridine rings is 1. The molecule has 2 aromatic heterocycles. The zero-order valence-electron chi connectivity index (χ0n) is 14.3. The molecule has 3 rings (SSSR count). The van der Waals surface area contributed by atoms with Gasteiger partial charge in [0.15, 0.2) is 5.65 Å². The van der Waals surface area contributed by atoms with E-state index in [0.717, 1.165) is 30.7 Å². The largest absolute Gasteiger partial charge is 0.388 e. The van der Waals surface area contributed by atoms with Gasteiger partial charge in [0.05, 0.1) is 0 Å². The number of imidazole rings is 1. The molecule has 1 atom stereocenters. The molecule has 1 unspecified atom stereocenters. The van der Waals surface area contributed by atoms with Gasteiger partial charge in [-0.05, 0) is 31.2 Å². The molecule has 1 N–H and O–H groups in total. The van der Waals surface area contributed by atoms with Crippen LogP contribution in [0.5, 0.6) is 0 Å². The molecule has 0 aliphatic carbocycles. The monoisotopic (exact) mass is 324 g/mol. The van der Waals surface area contributed by atoms with E-state index in [-0.39, 0.29) is 12.6 Å². The first-order chi connectivity index (χ1) is 11.7. The van der Waals surface area contributed by atoms with Gasteiger partial charge >= 0.3 is 0 Å². The molecule has 126 valence electrons. The molecule has 0 spiro atoms. The Morgan fingerprint density at radius 2 is 1.96 bits per heavy atom. The van der Waals surface area contributed by atoms with Crippen LogP contribution < -0.4 is 0 Å². The summed E-state index contributed by atoms with van der Waals surface area (Å²) in [5, 5.41) is 9.71. The minimum absolute atomic E-state index is 0.0741. The number of likely N-dealkylation sites (N-methyl/N-ethyl adjacent to an activating group) is 1. The third-order valence-electron chi connectivity index (χ3n) is 4.32. The Morgan fingerprint density at radius 1 is 1.17 bits per heavy atom. The average molecular weight is 324 g/mol. The van der Waals surface area contributed by atoms with E-state index >= 15 is 0 Å². The standard InChI is InChI=1S/C19H24N4O/c1-3-16(13-22(2)12-15-8-5-4-6-9-15)23-18(14-24)21-17-10-7-11-20-19(17)23/h4-11,16,24H,3,12-14H2,1-2H3. The maximum absolute atomic E-state index is 9.71. The van der Waals surface area contributed by atoms with E-state index in [0.29, 0.717) is 5.82 Å². The number of aromatic nitrogens is 3. The van der Waals surface area contributed by atoms with Crippen molar-refractivity contribution in [2.45, 2.75) is 32.5 Å². The zero-order valence-corrected chi connectivity index (χ0v) is 14.3. The predicted octanol–water partition coefficient (Wildman–Crippen LogP) is 3.01. The Hall–Kier alpha value is -2.24.